The van der Waals surface area contributed by atoms with Gasteiger partial charge in [0.2, 0.25) is 0 Å². The molecule has 2 heterocycles. The highest BCUT2D eigenvalue weighted by atomic mass is 35.5. The van der Waals surface area contributed by atoms with Crippen molar-refractivity contribution >= 4 is 35.0 Å². The Morgan fingerprint density at radius 2 is 2.08 bits per heavy atom. The van der Waals surface area contributed by atoms with E-state index in [0.29, 0.717) is 16.6 Å². The summed E-state index contributed by atoms with van der Waals surface area (Å²) in [5.74, 6) is -0.745. The summed E-state index contributed by atoms with van der Waals surface area (Å²) >= 11 is 12.4. The molecule has 132 valence electrons. The van der Waals surface area contributed by atoms with Gasteiger partial charge in [0, 0.05) is 12.1 Å². The highest BCUT2D eigenvalue weighted by molar-refractivity contribution is 6.45. The molecule has 2 aliphatic rings. The molecule has 0 aliphatic carbocycles. The average molecular weight is 383 g/mol. The first kappa shape index (κ1) is 17.6. The van der Waals surface area contributed by atoms with Crippen molar-refractivity contribution in [2.24, 2.45) is 10.9 Å². The lowest BCUT2D eigenvalue weighted by atomic mass is 9.85. The van der Waals surface area contributed by atoms with Gasteiger partial charge in [0.1, 0.15) is 5.84 Å². The number of ether oxygens (including phenoxy) is 1. The molecule has 1 aromatic rings. The largest absolute Gasteiger partial charge is 0.504 e. The monoisotopic (exact) mass is 382 g/mol. The maximum Gasteiger partial charge on any atom is 0.328 e. The number of allylic oxidation sites excluding steroid dienone is 2. The summed E-state index contributed by atoms with van der Waals surface area (Å²) in [6.45, 7) is 1.80. The van der Waals surface area contributed by atoms with E-state index in [1.165, 1.54) is 19.3 Å². The Labute approximate surface area is 154 Å². The fraction of sp³-hybridized carbons (Fsp3) is 0.294. The Morgan fingerprint density at radius 1 is 1.36 bits per heavy atom. The number of benzene rings is 1. The number of carboxylic acids is 1. The van der Waals surface area contributed by atoms with Gasteiger partial charge in [-0.3, -0.25) is 4.99 Å². The summed E-state index contributed by atoms with van der Waals surface area (Å²) < 4.78 is 5.17. The summed E-state index contributed by atoms with van der Waals surface area (Å²) in [7, 11) is 1.45. The first-order valence-electron chi connectivity index (χ1n) is 7.54. The number of halogens is 2. The zero-order valence-electron chi connectivity index (χ0n) is 13.5. The van der Waals surface area contributed by atoms with Crippen LogP contribution in [0.5, 0.6) is 11.5 Å². The molecule has 3 unspecified atom stereocenters. The molecular formula is C17H16Cl2N2O4. The Bertz CT molecular complexity index is 819. The van der Waals surface area contributed by atoms with E-state index >= 15 is 0 Å². The van der Waals surface area contributed by atoms with Gasteiger partial charge in [-0.05, 0) is 23.8 Å². The highest BCUT2D eigenvalue weighted by Crippen LogP contribution is 2.42. The van der Waals surface area contributed by atoms with Crippen LogP contribution in [0.15, 0.2) is 45.5 Å². The number of aliphatic imine (C=N–C) groups is 1. The SMILES string of the molecule is COc1cc(C2C(C)C(C(=O)O)N=C3C(Cl)=CC(Cl)=CN32)ccc1O. The maximum atomic E-state index is 11.7. The standard InChI is InChI=1S/C17H16Cl2N2O4/c1-8-14(17(23)24)20-16-11(19)6-10(18)7-21(16)15(8)9-3-4-12(22)13(5-9)25-2/h3-8,14-15,22H,1-2H3,(H,23,24). The van der Waals surface area contributed by atoms with Gasteiger partial charge >= 0.3 is 5.97 Å². The zero-order chi connectivity index (χ0) is 18.3. The van der Waals surface area contributed by atoms with Crippen LogP contribution in [0.1, 0.15) is 18.5 Å². The molecule has 0 bridgehead atoms. The molecule has 2 aliphatic heterocycles. The van der Waals surface area contributed by atoms with Crippen LogP contribution in [0, 0.1) is 5.92 Å². The number of carbonyl (C=O) groups is 1. The first-order chi connectivity index (χ1) is 11.8. The maximum absolute atomic E-state index is 11.7. The average Bonchev–Trinajstić information content (AvgIpc) is 2.55. The third-order valence-electron chi connectivity index (χ3n) is 4.34. The molecule has 0 spiro atoms. The lowest BCUT2D eigenvalue weighted by Crippen LogP contribution is -2.46. The predicted octanol–water partition coefficient (Wildman–Crippen LogP) is 3.46. The van der Waals surface area contributed by atoms with Crippen LogP contribution in [-0.4, -0.2) is 40.1 Å². The lowest BCUT2D eigenvalue weighted by Gasteiger charge is -2.42. The van der Waals surface area contributed by atoms with Crippen LogP contribution in [0.3, 0.4) is 0 Å². The smallest absolute Gasteiger partial charge is 0.328 e. The van der Waals surface area contributed by atoms with E-state index in [4.69, 9.17) is 27.9 Å². The highest BCUT2D eigenvalue weighted by Gasteiger charge is 2.42. The Morgan fingerprint density at radius 3 is 2.72 bits per heavy atom. The number of methoxy groups -OCH3 is 1. The summed E-state index contributed by atoms with van der Waals surface area (Å²) in [6, 6.07) is 3.55. The van der Waals surface area contributed by atoms with Crippen LogP contribution < -0.4 is 4.74 Å². The fourth-order valence-electron chi connectivity index (χ4n) is 3.18. The second-order valence-electron chi connectivity index (χ2n) is 5.88. The van der Waals surface area contributed by atoms with Crippen molar-refractivity contribution in [2.45, 2.75) is 19.0 Å². The normalized spacial score (nSPS) is 25.5. The zero-order valence-corrected chi connectivity index (χ0v) is 15.0. The van der Waals surface area contributed by atoms with E-state index in [1.54, 1.807) is 30.2 Å². The number of aromatic hydroxyl groups is 1. The van der Waals surface area contributed by atoms with E-state index in [9.17, 15) is 15.0 Å². The quantitative estimate of drug-likeness (QED) is 0.836. The Balaban J connectivity index is 2.15. The molecule has 2 N–H and O–H groups in total. The van der Waals surface area contributed by atoms with Crippen molar-refractivity contribution in [1.29, 1.82) is 0 Å². The van der Waals surface area contributed by atoms with Crippen molar-refractivity contribution in [3.63, 3.8) is 0 Å². The first-order valence-corrected chi connectivity index (χ1v) is 8.29. The fourth-order valence-corrected chi connectivity index (χ4v) is 3.71. The van der Waals surface area contributed by atoms with Crippen molar-refractivity contribution < 1.29 is 19.7 Å². The number of carboxylic acid groups (broad SMARTS) is 1. The van der Waals surface area contributed by atoms with Crippen molar-refractivity contribution in [1.82, 2.24) is 4.90 Å². The minimum atomic E-state index is -1.03. The number of phenols is 1. The molecule has 8 heteroatoms. The van der Waals surface area contributed by atoms with Crippen LogP contribution in [-0.2, 0) is 4.79 Å². The predicted molar refractivity (Wildman–Crippen MR) is 95.1 cm³/mol. The van der Waals surface area contributed by atoms with Crippen LogP contribution in [0.2, 0.25) is 0 Å². The number of hydrogen-bond donors (Lipinski definition) is 2. The summed E-state index contributed by atoms with van der Waals surface area (Å²) in [5, 5.41) is 20.1. The van der Waals surface area contributed by atoms with Crippen LogP contribution >= 0.6 is 23.2 Å². The Hall–Kier alpha value is -2.18. The minimum Gasteiger partial charge on any atom is -0.504 e. The summed E-state index contributed by atoms with van der Waals surface area (Å²) in [6.07, 6.45) is 3.20. The number of phenolic OH excluding ortho intramolecular Hbond substituents is 1. The van der Waals surface area contributed by atoms with Gasteiger partial charge in [0.15, 0.2) is 17.5 Å². The number of rotatable bonds is 3. The summed E-state index contributed by atoms with van der Waals surface area (Å²) in [5.41, 5.74) is 0.757. The molecule has 3 atom stereocenters. The number of hydrogen-bond acceptors (Lipinski definition) is 5. The third kappa shape index (κ3) is 3.07. The molecule has 25 heavy (non-hydrogen) atoms. The van der Waals surface area contributed by atoms with Gasteiger partial charge in [-0.15, -0.1) is 0 Å². The van der Waals surface area contributed by atoms with E-state index in [1.807, 2.05) is 0 Å². The molecule has 6 nitrogen and oxygen atoms in total. The lowest BCUT2D eigenvalue weighted by molar-refractivity contribution is -0.140. The topological polar surface area (TPSA) is 82.4 Å². The van der Waals surface area contributed by atoms with Gasteiger partial charge in [-0.2, -0.15) is 0 Å². The van der Waals surface area contributed by atoms with Crippen molar-refractivity contribution in [3.8, 4) is 11.5 Å². The molecule has 0 amide bonds. The van der Waals surface area contributed by atoms with E-state index in [-0.39, 0.29) is 22.7 Å². The van der Waals surface area contributed by atoms with Crippen LogP contribution in [0.25, 0.3) is 0 Å². The van der Waals surface area contributed by atoms with E-state index in [2.05, 4.69) is 4.99 Å². The molecule has 3 rings (SSSR count). The van der Waals surface area contributed by atoms with Gasteiger partial charge < -0.3 is 19.8 Å². The number of aliphatic carboxylic acids is 1. The number of amidine groups is 1. The second kappa shape index (κ2) is 6.61. The second-order valence-corrected chi connectivity index (χ2v) is 6.73. The number of fused-ring (bicyclic) bond motifs is 1. The van der Waals surface area contributed by atoms with Gasteiger partial charge in [0.25, 0.3) is 0 Å². The van der Waals surface area contributed by atoms with E-state index in [0.717, 1.165) is 5.56 Å². The van der Waals surface area contributed by atoms with Crippen molar-refractivity contribution in [3.05, 3.63) is 46.1 Å². The molecular weight excluding hydrogens is 367 g/mol. The van der Waals surface area contributed by atoms with Gasteiger partial charge in [-0.1, -0.05) is 36.2 Å². The minimum absolute atomic E-state index is 0.00327. The molecule has 0 saturated heterocycles. The molecule has 0 aromatic heterocycles. The van der Waals surface area contributed by atoms with Crippen LogP contribution in [0.4, 0.5) is 0 Å². The third-order valence-corrected chi connectivity index (χ3v) is 4.83. The summed E-state index contributed by atoms with van der Waals surface area (Å²) in [4.78, 5) is 17.7. The van der Waals surface area contributed by atoms with Gasteiger partial charge in [-0.25, -0.2) is 4.79 Å². The van der Waals surface area contributed by atoms with Crippen molar-refractivity contribution in [2.75, 3.05) is 7.11 Å². The Kier molecular flexibility index (Phi) is 4.67. The molecule has 0 radical (unpaired) electrons. The van der Waals surface area contributed by atoms with E-state index < -0.39 is 12.0 Å². The van der Waals surface area contributed by atoms with Gasteiger partial charge in [0.05, 0.1) is 23.2 Å². The molecule has 0 saturated carbocycles. The number of nitrogens with zero attached hydrogens (tertiary/aromatic N) is 2. The molecule has 0 fully saturated rings. The molecule has 1 aromatic carbocycles.